The lowest BCUT2D eigenvalue weighted by Crippen LogP contribution is -1.96. The average Bonchev–Trinajstić information content (AvgIpc) is 2.11. The van der Waals surface area contributed by atoms with Gasteiger partial charge in [-0.2, -0.15) is 0 Å². The molecule has 72 valence electrons. The maximum atomic E-state index is 9.25. The SMILES string of the molecule is CCNc1cc(O)c(O)c(O)c1O. The fourth-order valence-electron chi connectivity index (χ4n) is 0.960. The van der Waals surface area contributed by atoms with Gasteiger partial charge in [0, 0.05) is 12.6 Å². The van der Waals surface area contributed by atoms with E-state index in [9.17, 15) is 5.11 Å². The molecule has 0 unspecified atom stereocenters. The third kappa shape index (κ3) is 1.53. The molecular formula is C8H11NO4. The van der Waals surface area contributed by atoms with E-state index in [4.69, 9.17) is 15.3 Å². The first kappa shape index (κ1) is 9.31. The second-order valence-electron chi connectivity index (χ2n) is 2.52. The molecule has 5 nitrogen and oxygen atoms in total. The normalized spacial score (nSPS) is 9.92. The molecule has 0 spiro atoms. The quantitative estimate of drug-likeness (QED) is 0.349. The Morgan fingerprint density at radius 2 is 1.69 bits per heavy atom. The Balaban J connectivity index is 3.24. The second kappa shape index (κ2) is 3.30. The van der Waals surface area contributed by atoms with Crippen LogP contribution >= 0.6 is 0 Å². The molecular weight excluding hydrogens is 174 g/mol. The maximum absolute atomic E-state index is 9.25. The van der Waals surface area contributed by atoms with E-state index in [1.807, 2.05) is 0 Å². The summed E-state index contributed by atoms with van der Waals surface area (Å²) in [5, 5.41) is 39.1. The highest BCUT2D eigenvalue weighted by atomic mass is 16.3. The molecule has 0 saturated heterocycles. The third-order valence-electron chi connectivity index (χ3n) is 1.59. The van der Waals surface area contributed by atoms with Crippen LogP contribution in [0.25, 0.3) is 0 Å². The average molecular weight is 185 g/mol. The number of phenolic OH excluding ortho intramolecular Hbond substituents is 4. The zero-order valence-corrected chi connectivity index (χ0v) is 7.07. The minimum atomic E-state index is -0.726. The first-order valence-electron chi connectivity index (χ1n) is 3.78. The maximum Gasteiger partial charge on any atom is 0.206 e. The minimum Gasteiger partial charge on any atom is -0.504 e. The molecule has 0 heterocycles. The van der Waals surface area contributed by atoms with Crippen molar-refractivity contribution in [2.45, 2.75) is 6.92 Å². The van der Waals surface area contributed by atoms with Crippen LogP contribution in [-0.4, -0.2) is 27.0 Å². The topological polar surface area (TPSA) is 93.0 Å². The Kier molecular flexibility index (Phi) is 2.36. The summed E-state index contributed by atoms with van der Waals surface area (Å²) in [5.74, 6) is -2.40. The van der Waals surface area contributed by atoms with Crippen LogP contribution in [0, 0.1) is 0 Å². The smallest absolute Gasteiger partial charge is 0.206 e. The molecule has 1 rings (SSSR count). The van der Waals surface area contributed by atoms with Crippen molar-refractivity contribution < 1.29 is 20.4 Å². The number of nitrogens with one attached hydrogen (secondary N) is 1. The molecule has 0 bridgehead atoms. The van der Waals surface area contributed by atoms with E-state index in [0.717, 1.165) is 6.07 Å². The van der Waals surface area contributed by atoms with E-state index >= 15 is 0 Å². The number of benzene rings is 1. The number of hydrogen-bond donors (Lipinski definition) is 5. The van der Waals surface area contributed by atoms with Crippen molar-refractivity contribution in [1.29, 1.82) is 0 Å². The van der Waals surface area contributed by atoms with Crippen LogP contribution in [0.3, 0.4) is 0 Å². The van der Waals surface area contributed by atoms with Crippen LogP contribution in [0.1, 0.15) is 6.92 Å². The van der Waals surface area contributed by atoms with Gasteiger partial charge >= 0.3 is 0 Å². The molecule has 0 amide bonds. The van der Waals surface area contributed by atoms with Gasteiger partial charge in [0.1, 0.15) is 0 Å². The van der Waals surface area contributed by atoms with Gasteiger partial charge in [-0.3, -0.25) is 0 Å². The van der Waals surface area contributed by atoms with Gasteiger partial charge in [0.15, 0.2) is 11.5 Å². The van der Waals surface area contributed by atoms with Crippen LogP contribution in [0.2, 0.25) is 0 Å². The summed E-state index contributed by atoms with van der Waals surface area (Å²) < 4.78 is 0. The summed E-state index contributed by atoms with van der Waals surface area (Å²) in [7, 11) is 0. The molecule has 0 radical (unpaired) electrons. The molecule has 1 aromatic carbocycles. The highest BCUT2D eigenvalue weighted by molar-refractivity contribution is 5.70. The van der Waals surface area contributed by atoms with Gasteiger partial charge in [-0.15, -0.1) is 0 Å². The first-order valence-corrected chi connectivity index (χ1v) is 3.78. The second-order valence-corrected chi connectivity index (χ2v) is 2.52. The molecule has 5 N–H and O–H groups in total. The lowest BCUT2D eigenvalue weighted by molar-refractivity contribution is 0.347. The monoisotopic (exact) mass is 185 g/mol. The van der Waals surface area contributed by atoms with Gasteiger partial charge in [0.25, 0.3) is 0 Å². The predicted molar refractivity (Wildman–Crippen MR) is 47.3 cm³/mol. The fraction of sp³-hybridized carbons (Fsp3) is 0.250. The molecule has 5 heteroatoms. The summed E-state index contributed by atoms with van der Waals surface area (Å²) >= 11 is 0. The molecule has 0 aromatic heterocycles. The number of hydrogen-bond acceptors (Lipinski definition) is 5. The summed E-state index contributed by atoms with van der Waals surface area (Å²) in [6.45, 7) is 2.32. The van der Waals surface area contributed by atoms with Gasteiger partial charge in [-0.1, -0.05) is 0 Å². The van der Waals surface area contributed by atoms with Gasteiger partial charge in [0.05, 0.1) is 5.69 Å². The number of rotatable bonds is 2. The molecule has 0 fully saturated rings. The standard InChI is InChI=1S/C8H11NO4/c1-2-9-4-3-5(10)7(12)8(13)6(4)11/h3,9-13H,2H2,1H3. The van der Waals surface area contributed by atoms with Crippen LogP contribution in [0.4, 0.5) is 5.69 Å². The predicted octanol–water partition coefficient (Wildman–Crippen LogP) is 0.941. The van der Waals surface area contributed by atoms with Crippen molar-refractivity contribution in [1.82, 2.24) is 0 Å². The molecule has 0 aliphatic carbocycles. The van der Waals surface area contributed by atoms with Crippen LogP contribution in [-0.2, 0) is 0 Å². The zero-order valence-electron chi connectivity index (χ0n) is 7.07. The number of phenols is 4. The van der Waals surface area contributed by atoms with E-state index < -0.39 is 23.0 Å². The van der Waals surface area contributed by atoms with E-state index in [2.05, 4.69) is 5.32 Å². The lowest BCUT2D eigenvalue weighted by Gasteiger charge is -2.09. The van der Waals surface area contributed by atoms with Crippen molar-refractivity contribution in [3.63, 3.8) is 0 Å². The van der Waals surface area contributed by atoms with Crippen molar-refractivity contribution in [3.05, 3.63) is 6.07 Å². The largest absolute Gasteiger partial charge is 0.504 e. The molecule has 1 aromatic rings. The van der Waals surface area contributed by atoms with Gasteiger partial charge in [0.2, 0.25) is 11.5 Å². The van der Waals surface area contributed by atoms with Gasteiger partial charge < -0.3 is 25.7 Å². The Morgan fingerprint density at radius 3 is 2.23 bits per heavy atom. The van der Waals surface area contributed by atoms with E-state index in [-0.39, 0.29) is 5.69 Å². The summed E-state index contributed by atoms with van der Waals surface area (Å²) in [6, 6.07) is 1.13. The number of aromatic hydroxyl groups is 4. The van der Waals surface area contributed by atoms with Crippen molar-refractivity contribution in [3.8, 4) is 23.0 Å². The van der Waals surface area contributed by atoms with Crippen LogP contribution in [0.15, 0.2) is 6.07 Å². The molecule has 0 aliphatic heterocycles. The molecule has 13 heavy (non-hydrogen) atoms. The van der Waals surface area contributed by atoms with Crippen molar-refractivity contribution >= 4 is 5.69 Å². The van der Waals surface area contributed by atoms with E-state index in [1.54, 1.807) is 6.92 Å². The zero-order chi connectivity index (χ0) is 10.0. The number of anilines is 1. The fourth-order valence-corrected chi connectivity index (χ4v) is 0.960. The van der Waals surface area contributed by atoms with E-state index in [0.29, 0.717) is 6.54 Å². The van der Waals surface area contributed by atoms with Crippen LogP contribution < -0.4 is 5.32 Å². The summed E-state index contributed by atoms with van der Waals surface area (Å²) in [6.07, 6.45) is 0. The van der Waals surface area contributed by atoms with Gasteiger partial charge in [-0.25, -0.2) is 0 Å². The summed E-state index contributed by atoms with van der Waals surface area (Å²) in [4.78, 5) is 0. The first-order chi connectivity index (χ1) is 6.07. The van der Waals surface area contributed by atoms with Crippen molar-refractivity contribution in [2.75, 3.05) is 11.9 Å². The van der Waals surface area contributed by atoms with Crippen molar-refractivity contribution in [2.24, 2.45) is 0 Å². The van der Waals surface area contributed by atoms with Gasteiger partial charge in [-0.05, 0) is 6.92 Å². The minimum absolute atomic E-state index is 0.176. The Bertz CT molecular complexity index is 324. The molecule has 0 saturated carbocycles. The third-order valence-corrected chi connectivity index (χ3v) is 1.59. The van der Waals surface area contributed by atoms with E-state index in [1.165, 1.54) is 0 Å². The molecule has 0 atom stereocenters. The lowest BCUT2D eigenvalue weighted by atomic mass is 10.2. The Hall–Kier alpha value is -1.78. The summed E-state index contributed by atoms with van der Waals surface area (Å²) in [5.41, 5.74) is 0.176. The van der Waals surface area contributed by atoms with Crippen LogP contribution in [0.5, 0.6) is 23.0 Å². The highest BCUT2D eigenvalue weighted by Crippen LogP contribution is 2.46. The Labute approximate surface area is 74.9 Å². The molecule has 0 aliphatic rings. The highest BCUT2D eigenvalue weighted by Gasteiger charge is 2.15. The Morgan fingerprint density at radius 1 is 1.08 bits per heavy atom.